The van der Waals surface area contributed by atoms with Gasteiger partial charge in [0.25, 0.3) is 0 Å². The van der Waals surface area contributed by atoms with E-state index >= 15 is 0 Å². The van der Waals surface area contributed by atoms with Crippen LogP contribution in [0.25, 0.3) is 0 Å². The molecule has 0 saturated carbocycles. The lowest BCUT2D eigenvalue weighted by Gasteiger charge is -1.80. The van der Waals surface area contributed by atoms with Gasteiger partial charge < -0.3 is 8.83 Å². The summed E-state index contributed by atoms with van der Waals surface area (Å²) >= 11 is 3.07. The standard InChI is InChI=1S/C6H3BrO3/c1-2-4-5(3-7)10-6(8)9-4/h1H,3H2. The van der Waals surface area contributed by atoms with Crippen molar-refractivity contribution in [1.82, 2.24) is 0 Å². The first-order valence-electron chi connectivity index (χ1n) is 2.43. The fraction of sp³-hybridized carbons (Fsp3) is 0.167. The molecule has 1 aromatic heterocycles. The minimum absolute atomic E-state index is 0.155. The van der Waals surface area contributed by atoms with Crippen LogP contribution in [0.1, 0.15) is 11.5 Å². The average Bonchev–Trinajstić information content (AvgIpc) is 2.30. The molecule has 0 spiro atoms. The lowest BCUT2D eigenvalue weighted by molar-refractivity contribution is 0.376. The third-order valence-electron chi connectivity index (χ3n) is 0.898. The molecule has 1 rings (SSSR count). The van der Waals surface area contributed by atoms with Crippen LogP contribution in [-0.4, -0.2) is 0 Å². The number of hydrogen-bond donors (Lipinski definition) is 0. The van der Waals surface area contributed by atoms with E-state index in [0.29, 0.717) is 11.1 Å². The van der Waals surface area contributed by atoms with Crippen molar-refractivity contribution in [3.8, 4) is 12.3 Å². The summed E-state index contributed by atoms with van der Waals surface area (Å²) in [6, 6.07) is 0. The molecule has 3 nitrogen and oxygen atoms in total. The smallest absolute Gasteiger partial charge is 0.394 e. The maximum Gasteiger partial charge on any atom is 0.520 e. The van der Waals surface area contributed by atoms with Gasteiger partial charge in [0.2, 0.25) is 5.76 Å². The van der Waals surface area contributed by atoms with Gasteiger partial charge in [-0.1, -0.05) is 15.9 Å². The first kappa shape index (κ1) is 7.16. The molecule has 0 aromatic carbocycles. The number of terminal acetylenes is 1. The topological polar surface area (TPSA) is 43.4 Å². The second kappa shape index (κ2) is 2.76. The molecule has 52 valence electrons. The van der Waals surface area contributed by atoms with Crippen LogP contribution >= 0.6 is 15.9 Å². The molecule has 0 saturated heterocycles. The fourth-order valence-corrected chi connectivity index (χ4v) is 0.875. The van der Waals surface area contributed by atoms with Gasteiger partial charge in [-0.05, 0) is 5.92 Å². The summed E-state index contributed by atoms with van der Waals surface area (Å²) in [7, 11) is 0. The number of alkyl halides is 1. The highest BCUT2D eigenvalue weighted by Crippen LogP contribution is 2.08. The van der Waals surface area contributed by atoms with E-state index in [2.05, 4.69) is 30.7 Å². The van der Waals surface area contributed by atoms with Gasteiger partial charge in [0.1, 0.15) is 0 Å². The zero-order valence-corrected chi connectivity index (χ0v) is 6.47. The largest absolute Gasteiger partial charge is 0.520 e. The van der Waals surface area contributed by atoms with Crippen molar-refractivity contribution in [3.63, 3.8) is 0 Å². The molecule has 0 aliphatic rings. The predicted molar refractivity (Wildman–Crippen MR) is 37.8 cm³/mol. The maximum absolute atomic E-state index is 10.4. The van der Waals surface area contributed by atoms with Gasteiger partial charge >= 0.3 is 5.82 Å². The van der Waals surface area contributed by atoms with Gasteiger partial charge in [-0.25, -0.2) is 4.79 Å². The van der Waals surface area contributed by atoms with Gasteiger partial charge in [0.05, 0.1) is 5.33 Å². The molecule has 0 aliphatic carbocycles. The first-order valence-corrected chi connectivity index (χ1v) is 3.55. The Kier molecular flexibility index (Phi) is 1.97. The molecule has 10 heavy (non-hydrogen) atoms. The summed E-state index contributed by atoms with van der Waals surface area (Å²) in [5.74, 6) is 1.92. The van der Waals surface area contributed by atoms with Crippen LogP contribution in [0.5, 0.6) is 0 Å². The Labute approximate surface area is 65.2 Å². The Balaban J connectivity index is 3.25. The second-order valence-electron chi connectivity index (χ2n) is 1.48. The molecule has 4 heteroatoms. The zero-order chi connectivity index (χ0) is 7.56. The molecule has 1 heterocycles. The second-order valence-corrected chi connectivity index (χ2v) is 2.05. The Bertz CT molecular complexity index is 314. The molecular formula is C6H3BrO3. The quantitative estimate of drug-likeness (QED) is 0.507. The Morgan fingerprint density at radius 3 is 2.70 bits per heavy atom. The summed E-state index contributed by atoms with van der Waals surface area (Å²) in [6.07, 6.45) is 4.98. The summed E-state index contributed by atoms with van der Waals surface area (Å²) in [5.41, 5.74) is 0. The molecule has 0 unspecified atom stereocenters. The maximum atomic E-state index is 10.4. The summed E-state index contributed by atoms with van der Waals surface area (Å²) in [4.78, 5) is 10.4. The van der Waals surface area contributed by atoms with Crippen LogP contribution in [-0.2, 0) is 5.33 Å². The zero-order valence-electron chi connectivity index (χ0n) is 4.89. The molecule has 0 fully saturated rings. The van der Waals surface area contributed by atoms with E-state index < -0.39 is 5.82 Å². The fourth-order valence-electron chi connectivity index (χ4n) is 0.506. The molecular weight excluding hydrogens is 200 g/mol. The molecule has 0 amide bonds. The van der Waals surface area contributed by atoms with E-state index in [0.717, 1.165) is 0 Å². The van der Waals surface area contributed by atoms with Crippen molar-refractivity contribution in [2.45, 2.75) is 5.33 Å². The van der Waals surface area contributed by atoms with Crippen molar-refractivity contribution < 1.29 is 8.83 Å². The molecule has 0 atom stereocenters. The number of halogens is 1. The normalized spacial score (nSPS) is 9.20. The predicted octanol–water partition coefficient (Wildman–Crippen LogP) is 1.11. The molecule has 0 aliphatic heterocycles. The minimum Gasteiger partial charge on any atom is -0.394 e. The first-order chi connectivity index (χ1) is 4.77. The van der Waals surface area contributed by atoms with Crippen molar-refractivity contribution >= 4 is 15.9 Å². The molecule has 0 bridgehead atoms. The highest BCUT2D eigenvalue weighted by Gasteiger charge is 2.07. The Morgan fingerprint density at radius 2 is 2.30 bits per heavy atom. The SMILES string of the molecule is C#Cc1oc(=O)oc1CBr. The van der Waals surface area contributed by atoms with Crippen molar-refractivity contribution in [2.75, 3.05) is 0 Å². The van der Waals surface area contributed by atoms with E-state index in [-0.39, 0.29) is 5.76 Å². The van der Waals surface area contributed by atoms with Crippen molar-refractivity contribution in [1.29, 1.82) is 0 Å². The number of rotatable bonds is 1. The highest BCUT2D eigenvalue weighted by atomic mass is 79.9. The monoisotopic (exact) mass is 202 g/mol. The van der Waals surface area contributed by atoms with Crippen molar-refractivity contribution in [3.05, 3.63) is 22.1 Å². The Morgan fingerprint density at radius 1 is 1.60 bits per heavy atom. The van der Waals surface area contributed by atoms with Crippen LogP contribution in [0.3, 0.4) is 0 Å². The van der Waals surface area contributed by atoms with Gasteiger partial charge in [-0.3, -0.25) is 0 Å². The van der Waals surface area contributed by atoms with E-state index in [4.69, 9.17) is 6.42 Å². The van der Waals surface area contributed by atoms with Gasteiger partial charge in [0.15, 0.2) is 5.76 Å². The van der Waals surface area contributed by atoms with Crippen LogP contribution in [0.15, 0.2) is 13.6 Å². The van der Waals surface area contributed by atoms with Crippen LogP contribution in [0.4, 0.5) is 0 Å². The Hall–Kier alpha value is -0.950. The van der Waals surface area contributed by atoms with Gasteiger partial charge in [-0.15, -0.1) is 6.42 Å². The minimum atomic E-state index is -0.762. The number of hydrogen-bond acceptors (Lipinski definition) is 3. The summed E-state index contributed by atoms with van der Waals surface area (Å²) in [5, 5.41) is 0.387. The van der Waals surface area contributed by atoms with E-state index in [1.54, 1.807) is 0 Å². The average molecular weight is 203 g/mol. The third-order valence-corrected chi connectivity index (χ3v) is 1.41. The van der Waals surface area contributed by atoms with Crippen LogP contribution < -0.4 is 5.82 Å². The van der Waals surface area contributed by atoms with Gasteiger partial charge in [0, 0.05) is 0 Å². The lowest BCUT2D eigenvalue weighted by atomic mass is 10.4. The van der Waals surface area contributed by atoms with E-state index in [9.17, 15) is 4.79 Å². The van der Waals surface area contributed by atoms with E-state index in [1.165, 1.54) is 0 Å². The van der Waals surface area contributed by atoms with E-state index in [1.807, 2.05) is 0 Å². The third kappa shape index (κ3) is 1.14. The lowest BCUT2D eigenvalue weighted by Crippen LogP contribution is -1.85. The molecule has 0 radical (unpaired) electrons. The molecule has 0 N–H and O–H groups in total. The molecule has 1 aromatic rings. The van der Waals surface area contributed by atoms with Crippen LogP contribution in [0, 0.1) is 12.3 Å². The van der Waals surface area contributed by atoms with Crippen molar-refractivity contribution in [2.24, 2.45) is 0 Å². The van der Waals surface area contributed by atoms with Gasteiger partial charge in [-0.2, -0.15) is 0 Å². The van der Waals surface area contributed by atoms with Crippen LogP contribution in [0.2, 0.25) is 0 Å². The summed E-state index contributed by atoms with van der Waals surface area (Å²) < 4.78 is 9.01. The summed E-state index contributed by atoms with van der Waals surface area (Å²) in [6.45, 7) is 0. The highest BCUT2D eigenvalue weighted by molar-refractivity contribution is 9.08.